The van der Waals surface area contributed by atoms with E-state index in [9.17, 15) is 19.7 Å². The number of nitrogens with zero attached hydrogens (tertiary/aromatic N) is 1. The molecule has 0 aliphatic heterocycles. The first-order valence-corrected chi connectivity index (χ1v) is 9.67. The van der Waals surface area contributed by atoms with Crippen LogP contribution in [-0.4, -0.2) is 48.4 Å². The minimum atomic E-state index is -0.828. The molecule has 1 N–H and O–H groups in total. The molecule has 0 aromatic heterocycles. The number of methoxy groups -OCH3 is 1. The van der Waals surface area contributed by atoms with Crippen LogP contribution in [0.3, 0.4) is 0 Å². The van der Waals surface area contributed by atoms with E-state index < -0.39 is 23.0 Å². The number of aliphatic hydroxyl groups is 1. The Morgan fingerprint density at radius 1 is 1.16 bits per heavy atom. The van der Waals surface area contributed by atoms with Crippen LogP contribution in [0, 0.1) is 17.0 Å². The Kier molecular flexibility index (Phi) is 8.09. The van der Waals surface area contributed by atoms with Gasteiger partial charge in [0.1, 0.15) is 11.3 Å². The monoisotopic (exact) mass is 431 g/mol. The van der Waals surface area contributed by atoms with E-state index in [4.69, 9.17) is 19.3 Å². The topological polar surface area (TPSA) is 125 Å². The SMILES string of the molecule is COC(=O)c1c(OCCCO)cc(C)c(C(=O)OC(C)C)c1-c1ccccc1[N+](=O)[O-]. The van der Waals surface area contributed by atoms with Gasteiger partial charge in [-0.1, -0.05) is 12.1 Å². The third-order valence-corrected chi connectivity index (χ3v) is 4.35. The van der Waals surface area contributed by atoms with Crippen LogP contribution in [0.25, 0.3) is 11.1 Å². The predicted octanol–water partition coefficient (Wildman–Crippen LogP) is 3.68. The molecule has 2 rings (SSSR count). The van der Waals surface area contributed by atoms with Crippen LogP contribution in [0.15, 0.2) is 30.3 Å². The van der Waals surface area contributed by atoms with Crippen molar-refractivity contribution < 1.29 is 33.8 Å². The van der Waals surface area contributed by atoms with E-state index in [-0.39, 0.29) is 46.9 Å². The molecule has 0 unspecified atom stereocenters. The number of rotatable bonds is 9. The largest absolute Gasteiger partial charge is 0.493 e. The fourth-order valence-electron chi connectivity index (χ4n) is 3.10. The molecule has 0 saturated carbocycles. The third-order valence-electron chi connectivity index (χ3n) is 4.35. The molecule has 0 aliphatic rings. The van der Waals surface area contributed by atoms with Crippen LogP contribution in [0.5, 0.6) is 5.75 Å². The summed E-state index contributed by atoms with van der Waals surface area (Å²) in [4.78, 5) is 36.8. The summed E-state index contributed by atoms with van der Waals surface area (Å²) in [7, 11) is 1.16. The predicted molar refractivity (Wildman–Crippen MR) is 112 cm³/mol. The lowest BCUT2D eigenvalue weighted by Crippen LogP contribution is -2.18. The summed E-state index contributed by atoms with van der Waals surface area (Å²) in [5.74, 6) is -1.47. The third kappa shape index (κ3) is 5.37. The van der Waals surface area contributed by atoms with Crippen LogP contribution in [0.1, 0.15) is 46.5 Å². The lowest BCUT2D eigenvalue weighted by molar-refractivity contribution is -0.384. The van der Waals surface area contributed by atoms with Crippen molar-refractivity contribution in [2.75, 3.05) is 20.3 Å². The lowest BCUT2D eigenvalue weighted by Gasteiger charge is -2.20. The minimum absolute atomic E-state index is 0.00352. The number of hydrogen-bond acceptors (Lipinski definition) is 8. The molecule has 0 saturated heterocycles. The Morgan fingerprint density at radius 2 is 1.84 bits per heavy atom. The number of esters is 2. The smallest absolute Gasteiger partial charge is 0.342 e. The van der Waals surface area contributed by atoms with Crippen molar-refractivity contribution >= 4 is 17.6 Å². The van der Waals surface area contributed by atoms with Crippen LogP contribution >= 0.6 is 0 Å². The summed E-state index contributed by atoms with van der Waals surface area (Å²) in [5.41, 5.74) is 0.0562. The summed E-state index contributed by atoms with van der Waals surface area (Å²) in [6, 6.07) is 7.26. The normalized spacial score (nSPS) is 10.6. The molecule has 2 aromatic rings. The first kappa shape index (κ1) is 23.8. The average Bonchev–Trinajstić information content (AvgIpc) is 2.72. The lowest BCUT2D eigenvalue weighted by atomic mass is 9.89. The fraction of sp³-hybridized carbons (Fsp3) is 0.364. The molecular formula is C22H25NO8. The Morgan fingerprint density at radius 3 is 2.42 bits per heavy atom. The molecule has 0 radical (unpaired) electrons. The van der Waals surface area contributed by atoms with Gasteiger partial charge in [0, 0.05) is 24.7 Å². The number of aliphatic hydroxyl groups excluding tert-OH is 1. The van der Waals surface area contributed by atoms with Gasteiger partial charge >= 0.3 is 11.9 Å². The van der Waals surface area contributed by atoms with Gasteiger partial charge in [0.15, 0.2) is 0 Å². The van der Waals surface area contributed by atoms with Gasteiger partial charge in [-0.2, -0.15) is 0 Å². The van der Waals surface area contributed by atoms with Gasteiger partial charge in [-0.15, -0.1) is 0 Å². The molecule has 0 atom stereocenters. The van der Waals surface area contributed by atoms with Crippen molar-refractivity contribution in [2.24, 2.45) is 0 Å². The quantitative estimate of drug-likeness (QED) is 0.276. The Balaban J connectivity index is 2.94. The van der Waals surface area contributed by atoms with E-state index in [0.29, 0.717) is 12.0 Å². The highest BCUT2D eigenvalue weighted by atomic mass is 16.6. The van der Waals surface area contributed by atoms with E-state index in [0.717, 1.165) is 7.11 Å². The molecular weight excluding hydrogens is 406 g/mol. The first-order chi connectivity index (χ1) is 14.7. The van der Waals surface area contributed by atoms with Crippen molar-refractivity contribution in [3.63, 3.8) is 0 Å². The van der Waals surface area contributed by atoms with Crippen LogP contribution < -0.4 is 4.74 Å². The number of benzene rings is 2. The zero-order valence-corrected chi connectivity index (χ0v) is 17.8. The number of carbonyl (C=O) groups excluding carboxylic acids is 2. The first-order valence-electron chi connectivity index (χ1n) is 9.67. The highest BCUT2D eigenvalue weighted by molar-refractivity contribution is 6.09. The van der Waals surface area contributed by atoms with Gasteiger partial charge in [-0.05, 0) is 38.5 Å². The van der Waals surface area contributed by atoms with Crippen LogP contribution in [-0.2, 0) is 9.47 Å². The molecule has 9 heteroatoms. The molecule has 0 fully saturated rings. The summed E-state index contributed by atoms with van der Waals surface area (Å²) < 4.78 is 15.9. The maximum atomic E-state index is 13.0. The van der Waals surface area contributed by atoms with E-state index in [2.05, 4.69) is 0 Å². The molecule has 31 heavy (non-hydrogen) atoms. The number of ether oxygens (including phenoxy) is 3. The molecule has 0 bridgehead atoms. The average molecular weight is 431 g/mol. The minimum Gasteiger partial charge on any atom is -0.493 e. The van der Waals surface area contributed by atoms with Gasteiger partial charge in [0.05, 0.1) is 35.9 Å². The summed E-state index contributed by atoms with van der Waals surface area (Å²) in [6.07, 6.45) is -0.148. The molecule has 2 aromatic carbocycles. The number of para-hydroxylation sites is 1. The van der Waals surface area contributed by atoms with Crippen LogP contribution in [0.4, 0.5) is 5.69 Å². The number of hydrogen-bond donors (Lipinski definition) is 1. The zero-order valence-electron chi connectivity index (χ0n) is 17.8. The fourth-order valence-corrected chi connectivity index (χ4v) is 3.10. The van der Waals surface area contributed by atoms with E-state index in [1.807, 2.05) is 0 Å². The zero-order chi connectivity index (χ0) is 23.1. The van der Waals surface area contributed by atoms with Gasteiger partial charge in [0.2, 0.25) is 0 Å². The molecule has 9 nitrogen and oxygen atoms in total. The molecule has 0 aliphatic carbocycles. The molecule has 0 amide bonds. The number of nitro groups is 1. The highest BCUT2D eigenvalue weighted by Crippen LogP contribution is 2.41. The number of nitro benzene ring substituents is 1. The van der Waals surface area contributed by atoms with Gasteiger partial charge in [0.25, 0.3) is 5.69 Å². The van der Waals surface area contributed by atoms with Gasteiger partial charge < -0.3 is 19.3 Å². The Hall–Kier alpha value is -3.46. The molecule has 166 valence electrons. The van der Waals surface area contributed by atoms with E-state index in [1.165, 1.54) is 24.3 Å². The molecule has 0 heterocycles. The highest BCUT2D eigenvalue weighted by Gasteiger charge is 2.32. The summed E-state index contributed by atoms with van der Waals surface area (Å²) in [6.45, 7) is 4.93. The maximum Gasteiger partial charge on any atom is 0.342 e. The van der Waals surface area contributed by atoms with Crippen LogP contribution in [0.2, 0.25) is 0 Å². The number of aryl methyl sites for hydroxylation is 1. The van der Waals surface area contributed by atoms with E-state index >= 15 is 0 Å². The summed E-state index contributed by atoms with van der Waals surface area (Å²) in [5, 5.41) is 20.7. The van der Waals surface area contributed by atoms with Crippen molar-refractivity contribution in [1.29, 1.82) is 0 Å². The number of carbonyl (C=O) groups is 2. The Labute approximate surface area is 179 Å². The van der Waals surface area contributed by atoms with Crippen molar-refractivity contribution in [2.45, 2.75) is 33.3 Å². The second-order valence-electron chi connectivity index (χ2n) is 6.96. The second kappa shape index (κ2) is 10.5. The standard InChI is InChI=1S/C22H25NO8/c1-13(2)31-22(26)18-14(3)12-17(30-11-7-10-24)20(21(25)29-4)19(18)15-8-5-6-9-16(15)23(27)28/h5-6,8-9,12-13,24H,7,10-11H2,1-4H3. The van der Waals surface area contributed by atoms with E-state index in [1.54, 1.807) is 26.8 Å². The molecule has 0 spiro atoms. The van der Waals surface area contributed by atoms with Gasteiger partial charge in [-0.3, -0.25) is 10.1 Å². The Bertz CT molecular complexity index is 984. The van der Waals surface area contributed by atoms with Gasteiger partial charge in [-0.25, -0.2) is 9.59 Å². The maximum absolute atomic E-state index is 13.0. The second-order valence-corrected chi connectivity index (χ2v) is 6.96. The summed E-state index contributed by atoms with van der Waals surface area (Å²) >= 11 is 0. The van der Waals surface area contributed by atoms with Crippen molar-refractivity contribution in [1.82, 2.24) is 0 Å². The van der Waals surface area contributed by atoms with Crippen molar-refractivity contribution in [3.8, 4) is 16.9 Å². The van der Waals surface area contributed by atoms with Crippen molar-refractivity contribution in [3.05, 3.63) is 57.1 Å².